The van der Waals surface area contributed by atoms with E-state index in [1.54, 1.807) is 6.92 Å². The van der Waals surface area contributed by atoms with E-state index in [4.69, 9.17) is 9.84 Å². The highest BCUT2D eigenvalue weighted by molar-refractivity contribution is 5.67. The number of alkyl carbamates (subject to hydrolysis) is 1. The molecule has 0 aliphatic heterocycles. The molecule has 0 radical (unpaired) electrons. The summed E-state index contributed by atoms with van der Waals surface area (Å²) in [6.45, 7) is 7.95. The van der Waals surface area contributed by atoms with Crippen LogP contribution in [0.4, 0.5) is 4.79 Å². The highest BCUT2D eigenvalue weighted by Crippen LogP contribution is 2.06. The summed E-state index contributed by atoms with van der Waals surface area (Å²) in [5.41, 5.74) is -0.434. The van der Waals surface area contributed by atoms with Crippen LogP contribution >= 0.6 is 0 Å². The second-order valence-electron chi connectivity index (χ2n) is 5.13. The van der Waals surface area contributed by atoms with Crippen LogP contribution in [0.1, 0.15) is 53.4 Å². The standard InChI is InChI=1S/C12H25NO3/c1-10(14)8-6-5-7-9-13-11(15)16-12(2,3)4/h10,14H,5-9H2,1-4H3,(H,13,15). The smallest absolute Gasteiger partial charge is 0.407 e. The molecule has 0 spiro atoms. The lowest BCUT2D eigenvalue weighted by Gasteiger charge is -2.19. The summed E-state index contributed by atoms with van der Waals surface area (Å²) in [7, 11) is 0. The van der Waals surface area contributed by atoms with Crippen molar-refractivity contribution in [2.75, 3.05) is 6.54 Å². The van der Waals surface area contributed by atoms with Crippen LogP contribution < -0.4 is 5.32 Å². The van der Waals surface area contributed by atoms with Crippen LogP contribution in [0.25, 0.3) is 0 Å². The molecule has 4 heteroatoms. The van der Waals surface area contributed by atoms with Gasteiger partial charge in [0, 0.05) is 6.54 Å². The Hall–Kier alpha value is -0.770. The Labute approximate surface area is 98.4 Å². The fourth-order valence-electron chi connectivity index (χ4n) is 1.25. The van der Waals surface area contributed by atoms with Crippen molar-refractivity contribution in [3.8, 4) is 0 Å². The number of carbonyl (C=O) groups excluding carboxylic acids is 1. The van der Waals surface area contributed by atoms with Gasteiger partial charge >= 0.3 is 6.09 Å². The molecule has 0 aromatic carbocycles. The molecule has 0 fully saturated rings. The predicted molar refractivity (Wildman–Crippen MR) is 64.4 cm³/mol. The first-order valence-electron chi connectivity index (χ1n) is 5.96. The molecule has 0 bridgehead atoms. The number of nitrogens with one attached hydrogen (secondary N) is 1. The van der Waals surface area contributed by atoms with E-state index in [-0.39, 0.29) is 12.2 Å². The summed E-state index contributed by atoms with van der Waals surface area (Å²) in [4.78, 5) is 11.2. The van der Waals surface area contributed by atoms with Crippen molar-refractivity contribution >= 4 is 6.09 Å². The van der Waals surface area contributed by atoms with Crippen molar-refractivity contribution in [2.45, 2.75) is 65.1 Å². The molecule has 96 valence electrons. The molecule has 0 rings (SSSR count). The Morgan fingerprint density at radius 1 is 1.31 bits per heavy atom. The minimum absolute atomic E-state index is 0.223. The molecule has 2 N–H and O–H groups in total. The predicted octanol–water partition coefficient (Wildman–Crippen LogP) is 2.45. The first kappa shape index (κ1) is 15.2. The number of amides is 1. The van der Waals surface area contributed by atoms with Crippen LogP contribution in [0.2, 0.25) is 0 Å². The molecule has 1 unspecified atom stereocenters. The third-order valence-electron chi connectivity index (χ3n) is 1.97. The van der Waals surface area contributed by atoms with Gasteiger partial charge in [-0.3, -0.25) is 0 Å². The maximum atomic E-state index is 11.2. The minimum atomic E-state index is -0.434. The summed E-state index contributed by atoms with van der Waals surface area (Å²) < 4.78 is 5.09. The van der Waals surface area contributed by atoms with Crippen molar-refractivity contribution in [3.63, 3.8) is 0 Å². The van der Waals surface area contributed by atoms with E-state index in [9.17, 15) is 4.79 Å². The highest BCUT2D eigenvalue weighted by atomic mass is 16.6. The van der Waals surface area contributed by atoms with Gasteiger partial charge in [0.25, 0.3) is 0 Å². The maximum absolute atomic E-state index is 11.2. The quantitative estimate of drug-likeness (QED) is 0.690. The Morgan fingerprint density at radius 2 is 1.94 bits per heavy atom. The summed E-state index contributed by atoms with van der Waals surface area (Å²) in [5, 5.41) is 11.7. The fourth-order valence-corrected chi connectivity index (χ4v) is 1.25. The Balaban J connectivity index is 3.35. The van der Waals surface area contributed by atoms with Crippen LogP contribution in [0.3, 0.4) is 0 Å². The van der Waals surface area contributed by atoms with Crippen molar-refractivity contribution in [1.82, 2.24) is 5.32 Å². The van der Waals surface area contributed by atoms with E-state index < -0.39 is 5.60 Å². The SMILES string of the molecule is CC(O)CCCCCNC(=O)OC(C)(C)C. The highest BCUT2D eigenvalue weighted by Gasteiger charge is 2.15. The zero-order valence-corrected chi connectivity index (χ0v) is 10.9. The van der Waals surface area contributed by atoms with Gasteiger partial charge in [-0.1, -0.05) is 12.8 Å². The summed E-state index contributed by atoms with van der Waals surface area (Å²) >= 11 is 0. The second-order valence-corrected chi connectivity index (χ2v) is 5.13. The van der Waals surface area contributed by atoms with E-state index in [1.165, 1.54) is 0 Å². The topological polar surface area (TPSA) is 58.6 Å². The van der Waals surface area contributed by atoms with Crippen LogP contribution in [0.5, 0.6) is 0 Å². The Kier molecular flexibility index (Phi) is 7.13. The molecule has 16 heavy (non-hydrogen) atoms. The molecule has 0 aromatic heterocycles. The van der Waals surface area contributed by atoms with Crippen LogP contribution in [-0.2, 0) is 4.74 Å². The fraction of sp³-hybridized carbons (Fsp3) is 0.917. The second kappa shape index (κ2) is 7.49. The molecule has 0 saturated heterocycles. The van der Waals surface area contributed by atoms with E-state index in [1.807, 2.05) is 20.8 Å². The number of unbranched alkanes of at least 4 members (excludes halogenated alkanes) is 2. The van der Waals surface area contributed by atoms with E-state index in [0.717, 1.165) is 25.7 Å². The lowest BCUT2D eigenvalue weighted by atomic mass is 10.1. The van der Waals surface area contributed by atoms with Gasteiger partial charge in [-0.05, 0) is 40.5 Å². The van der Waals surface area contributed by atoms with Crippen LogP contribution in [0.15, 0.2) is 0 Å². The molecular weight excluding hydrogens is 206 g/mol. The normalized spacial score (nSPS) is 13.3. The molecule has 0 heterocycles. The first-order chi connectivity index (χ1) is 7.31. The first-order valence-corrected chi connectivity index (χ1v) is 5.96. The molecule has 0 aromatic rings. The number of hydrogen-bond donors (Lipinski definition) is 2. The zero-order valence-electron chi connectivity index (χ0n) is 10.9. The van der Waals surface area contributed by atoms with Crippen LogP contribution in [-0.4, -0.2) is 29.4 Å². The van der Waals surface area contributed by atoms with Crippen molar-refractivity contribution < 1.29 is 14.6 Å². The molecule has 1 atom stereocenters. The number of rotatable bonds is 6. The van der Waals surface area contributed by atoms with Gasteiger partial charge in [0.15, 0.2) is 0 Å². The summed E-state index contributed by atoms with van der Waals surface area (Å²) in [6.07, 6.45) is 3.18. The molecule has 4 nitrogen and oxygen atoms in total. The maximum Gasteiger partial charge on any atom is 0.407 e. The van der Waals surface area contributed by atoms with E-state index >= 15 is 0 Å². The van der Waals surface area contributed by atoms with Gasteiger partial charge in [0.05, 0.1) is 6.10 Å². The zero-order chi connectivity index (χ0) is 12.6. The van der Waals surface area contributed by atoms with Gasteiger partial charge < -0.3 is 15.2 Å². The van der Waals surface area contributed by atoms with E-state index in [0.29, 0.717) is 6.54 Å². The van der Waals surface area contributed by atoms with Gasteiger partial charge in [-0.25, -0.2) is 4.79 Å². The van der Waals surface area contributed by atoms with Gasteiger partial charge in [0.1, 0.15) is 5.60 Å². The van der Waals surface area contributed by atoms with Gasteiger partial charge in [-0.2, -0.15) is 0 Å². The third kappa shape index (κ3) is 11.3. The Morgan fingerprint density at radius 3 is 2.44 bits per heavy atom. The average Bonchev–Trinajstić information content (AvgIpc) is 2.07. The molecule has 0 saturated carbocycles. The summed E-state index contributed by atoms with van der Waals surface area (Å²) in [6, 6.07) is 0. The third-order valence-corrected chi connectivity index (χ3v) is 1.97. The lowest BCUT2D eigenvalue weighted by molar-refractivity contribution is 0.0526. The van der Waals surface area contributed by atoms with Crippen molar-refractivity contribution in [1.29, 1.82) is 0 Å². The molecule has 0 aliphatic rings. The molecule has 1 amide bonds. The molecule has 0 aliphatic carbocycles. The van der Waals surface area contributed by atoms with Crippen molar-refractivity contribution in [2.24, 2.45) is 0 Å². The van der Waals surface area contributed by atoms with Crippen molar-refractivity contribution in [3.05, 3.63) is 0 Å². The number of aliphatic hydroxyl groups excluding tert-OH is 1. The lowest BCUT2D eigenvalue weighted by Crippen LogP contribution is -2.32. The number of hydrogen-bond acceptors (Lipinski definition) is 3. The van der Waals surface area contributed by atoms with Gasteiger partial charge in [-0.15, -0.1) is 0 Å². The Bertz CT molecular complexity index is 197. The summed E-state index contributed by atoms with van der Waals surface area (Å²) in [5.74, 6) is 0. The number of aliphatic hydroxyl groups is 1. The van der Waals surface area contributed by atoms with Gasteiger partial charge in [0.2, 0.25) is 0 Å². The molecular formula is C12H25NO3. The average molecular weight is 231 g/mol. The largest absolute Gasteiger partial charge is 0.444 e. The van der Waals surface area contributed by atoms with Crippen LogP contribution in [0, 0.1) is 0 Å². The monoisotopic (exact) mass is 231 g/mol. The number of carbonyl (C=O) groups is 1. The minimum Gasteiger partial charge on any atom is -0.444 e. The van der Waals surface area contributed by atoms with E-state index in [2.05, 4.69) is 5.32 Å². The number of ether oxygens (including phenoxy) is 1.